The van der Waals surface area contributed by atoms with Gasteiger partial charge in [-0.1, -0.05) is 0 Å². The normalized spacial score (nSPS) is 17.8. The third-order valence-corrected chi connectivity index (χ3v) is 4.32. The van der Waals surface area contributed by atoms with E-state index in [9.17, 15) is 18.4 Å². The molecule has 1 saturated carbocycles. The Morgan fingerprint density at radius 3 is 2.26 bits per heavy atom. The van der Waals surface area contributed by atoms with Crippen LogP contribution in [0.25, 0.3) is 0 Å². The minimum absolute atomic E-state index is 0.138. The summed E-state index contributed by atoms with van der Waals surface area (Å²) in [6, 6.07) is 8.06. The number of carbonyl (C=O) groups is 2. The van der Waals surface area contributed by atoms with E-state index in [-0.39, 0.29) is 11.6 Å². The van der Waals surface area contributed by atoms with Gasteiger partial charge in [0.15, 0.2) is 11.6 Å². The van der Waals surface area contributed by atoms with Crippen molar-refractivity contribution in [2.75, 3.05) is 24.9 Å². The SMILES string of the molecule is COc1ccc(OC)c(NC(=O)C2CC2C(=O)Nc2ccc(F)c(F)c2)c1. The quantitative estimate of drug-likeness (QED) is 0.812. The second-order valence-corrected chi connectivity index (χ2v) is 6.12. The van der Waals surface area contributed by atoms with Crippen molar-refractivity contribution in [1.82, 2.24) is 0 Å². The molecular formula is C19H18F2N2O4. The third kappa shape index (κ3) is 4.16. The van der Waals surface area contributed by atoms with Crippen molar-refractivity contribution in [3.8, 4) is 11.5 Å². The summed E-state index contributed by atoms with van der Waals surface area (Å²) < 4.78 is 36.5. The van der Waals surface area contributed by atoms with Gasteiger partial charge in [-0.3, -0.25) is 9.59 Å². The minimum atomic E-state index is -1.05. The molecule has 8 heteroatoms. The monoisotopic (exact) mass is 376 g/mol. The summed E-state index contributed by atoms with van der Waals surface area (Å²) in [4.78, 5) is 24.6. The summed E-state index contributed by atoms with van der Waals surface area (Å²) in [5.41, 5.74) is 0.577. The number of ether oxygens (including phenoxy) is 2. The van der Waals surface area contributed by atoms with Gasteiger partial charge in [0.05, 0.1) is 31.7 Å². The first kappa shape index (κ1) is 18.6. The van der Waals surface area contributed by atoms with Gasteiger partial charge in [0, 0.05) is 17.8 Å². The molecule has 27 heavy (non-hydrogen) atoms. The van der Waals surface area contributed by atoms with E-state index < -0.39 is 29.4 Å². The summed E-state index contributed by atoms with van der Waals surface area (Å²) in [5, 5.41) is 5.22. The maximum Gasteiger partial charge on any atom is 0.228 e. The van der Waals surface area contributed by atoms with E-state index in [1.165, 1.54) is 20.3 Å². The van der Waals surface area contributed by atoms with Crippen LogP contribution in [0.3, 0.4) is 0 Å². The Kier molecular flexibility index (Phi) is 5.25. The molecular weight excluding hydrogens is 358 g/mol. The van der Waals surface area contributed by atoms with Crippen molar-refractivity contribution in [2.45, 2.75) is 6.42 Å². The van der Waals surface area contributed by atoms with E-state index in [0.29, 0.717) is 23.6 Å². The fourth-order valence-electron chi connectivity index (χ4n) is 2.72. The lowest BCUT2D eigenvalue weighted by Gasteiger charge is -2.11. The molecule has 0 bridgehead atoms. The van der Waals surface area contributed by atoms with Crippen LogP contribution < -0.4 is 20.1 Å². The Labute approximate surface area is 154 Å². The second-order valence-electron chi connectivity index (χ2n) is 6.12. The van der Waals surface area contributed by atoms with Gasteiger partial charge in [-0.15, -0.1) is 0 Å². The number of nitrogens with one attached hydrogen (secondary N) is 2. The number of halogens is 2. The number of hydrogen-bond acceptors (Lipinski definition) is 4. The Bertz CT molecular complexity index is 888. The molecule has 0 heterocycles. The van der Waals surface area contributed by atoms with Crippen LogP contribution in [0, 0.1) is 23.5 Å². The highest BCUT2D eigenvalue weighted by Crippen LogP contribution is 2.41. The fraction of sp³-hybridized carbons (Fsp3) is 0.263. The third-order valence-electron chi connectivity index (χ3n) is 4.32. The van der Waals surface area contributed by atoms with E-state index >= 15 is 0 Å². The highest BCUT2D eigenvalue weighted by Gasteiger charge is 2.48. The summed E-state index contributed by atoms with van der Waals surface area (Å²) in [7, 11) is 2.99. The molecule has 2 unspecified atom stereocenters. The van der Waals surface area contributed by atoms with Crippen molar-refractivity contribution >= 4 is 23.2 Å². The fourth-order valence-corrected chi connectivity index (χ4v) is 2.72. The van der Waals surface area contributed by atoms with Crippen molar-refractivity contribution in [3.63, 3.8) is 0 Å². The number of hydrogen-bond donors (Lipinski definition) is 2. The van der Waals surface area contributed by atoms with E-state index in [1.807, 2.05) is 0 Å². The average Bonchev–Trinajstić information content (AvgIpc) is 3.45. The lowest BCUT2D eigenvalue weighted by Crippen LogP contribution is -2.21. The first-order chi connectivity index (χ1) is 12.9. The Hall–Kier alpha value is -3.16. The van der Waals surface area contributed by atoms with Crippen LogP contribution in [0.5, 0.6) is 11.5 Å². The minimum Gasteiger partial charge on any atom is -0.497 e. The highest BCUT2D eigenvalue weighted by atomic mass is 19.2. The maximum atomic E-state index is 13.2. The first-order valence-electron chi connectivity index (χ1n) is 8.21. The standard InChI is InChI=1S/C19H18F2N2O4/c1-26-11-4-6-17(27-2)16(8-11)23-19(25)13-9-12(13)18(24)22-10-3-5-14(20)15(21)7-10/h3-8,12-13H,9H2,1-2H3,(H,22,24)(H,23,25). The van der Waals surface area contributed by atoms with E-state index in [0.717, 1.165) is 12.1 Å². The number of carbonyl (C=O) groups excluding carboxylic acids is 2. The first-order valence-corrected chi connectivity index (χ1v) is 8.21. The molecule has 3 rings (SSSR count). The molecule has 6 nitrogen and oxygen atoms in total. The molecule has 2 aromatic carbocycles. The second kappa shape index (κ2) is 7.61. The molecule has 0 saturated heterocycles. The number of benzene rings is 2. The number of anilines is 2. The van der Waals surface area contributed by atoms with Crippen LogP contribution in [0.1, 0.15) is 6.42 Å². The van der Waals surface area contributed by atoms with Crippen LogP contribution in [-0.2, 0) is 9.59 Å². The van der Waals surface area contributed by atoms with Crippen LogP contribution >= 0.6 is 0 Å². The zero-order valence-electron chi connectivity index (χ0n) is 14.7. The van der Waals surface area contributed by atoms with Gasteiger partial charge >= 0.3 is 0 Å². The molecule has 1 aliphatic rings. The Morgan fingerprint density at radius 1 is 0.926 bits per heavy atom. The highest BCUT2D eigenvalue weighted by molar-refractivity contribution is 6.03. The molecule has 2 amide bonds. The summed E-state index contributed by atoms with van der Waals surface area (Å²) in [6.45, 7) is 0. The zero-order valence-corrected chi connectivity index (χ0v) is 14.7. The van der Waals surface area contributed by atoms with Gasteiger partial charge in [-0.05, 0) is 30.7 Å². The summed E-state index contributed by atoms with van der Waals surface area (Å²) in [5.74, 6) is -2.82. The van der Waals surface area contributed by atoms with Crippen molar-refractivity contribution < 1.29 is 27.8 Å². The van der Waals surface area contributed by atoms with E-state index in [4.69, 9.17) is 9.47 Å². The molecule has 0 spiro atoms. The van der Waals surface area contributed by atoms with Gasteiger partial charge in [0.1, 0.15) is 11.5 Å². The summed E-state index contributed by atoms with van der Waals surface area (Å²) >= 11 is 0. The van der Waals surface area contributed by atoms with Gasteiger partial charge in [-0.25, -0.2) is 8.78 Å². The molecule has 1 aliphatic carbocycles. The van der Waals surface area contributed by atoms with Crippen LogP contribution in [0.2, 0.25) is 0 Å². The zero-order chi connectivity index (χ0) is 19.6. The van der Waals surface area contributed by atoms with Gasteiger partial charge < -0.3 is 20.1 Å². The molecule has 2 N–H and O–H groups in total. The molecule has 1 fully saturated rings. The Morgan fingerprint density at radius 2 is 1.63 bits per heavy atom. The van der Waals surface area contributed by atoms with E-state index in [2.05, 4.69) is 10.6 Å². The average molecular weight is 376 g/mol. The van der Waals surface area contributed by atoms with Gasteiger partial charge in [0.25, 0.3) is 0 Å². The Balaban J connectivity index is 1.61. The molecule has 0 aliphatic heterocycles. The predicted octanol–water partition coefficient (Wildman–Crippen LogP) is 3.20. The lowest BCUT2D eigenvalue weighted by molar-refractivity contribution is -0.122. The van der Waals surface area contributed by atoms with Crippen molar-refractivity contribution in [1.29, 1.82) is 0 Å². The lowest BCUT2D eigenvalue weighted by atomic mass is 10.2. The largest absolute Gasteiger partial charge is 0.497 e. The van der Waals surface area contributed by atoms with Crippen LogP contribution in [0.15, 0.2) is 36.4 Å². The topological polar surface area (TPSA) is 76.7 Å². The number of rotatable bonds is 6. The van der Waals surface area contributed by atoms with Crippen LogP contribution in [-0.4, -0.2) is 26.0 Å². The maximum absolute atomic E-state index is 13.2. The smallest absolute Gasteiger partial charge is 0.228 e. The number of methoxy groups -OCH3 is 2. The van der Waals surface area contributed by atoms with Crippen LogP contribution in [0.4, 0.5) is 20.2 Å². The number of amides is 2. The molecule has 0 aromatic heterocycles. The van der Waals surface area contributed by atoms with E-state index in [1.54, 1.807) is 18.2 Å². The molecule has 2 aromatic rings. The molecule has 142 valence electrons. The summed E-state index contributed by atoms with van der Waals surface area (Å²) in [6.07, 6.45) is 0.369. The predicted molar refractivity (Wildman–Crippen MR) is 94.8 cm³/mol. The molecule has 2 atom stereocenters. The van der Waals surface area contributed by atoms with Gasteiger partial charge in [0.2, 0.25) is 11.8 Å². The van der Waals surface area contributed by atoms with Crippen molar-refractivity contribution in [3.05, 3.63) is 48.0 Å². The molecule has 0 radical (unpaired) electrons. The van der Waals surface area contributed by atoms with Gasteiger partial charge in [-0.2, -0.15) is 0 Å². The van der Waals surface area contributed by atoms with Crippen molar-refractivity contribution in [2.24, 2.45) is 11.8 Å².